The molecule has 5 nitrogen and oxygen atoms in total. The molecule has 1 saturated heterocycles. The molecule has 3 aromatic rings. The Kier molecular flexibility index (Phi) is 5.09. The molecule has 28 heavy (non-hydrogen) atoms. The minimum atomic E-state index is -0.00618. The number of hydrogen-bond acceptors (Lipinski definition) is 3. The summed E-state index contributed by atoms with van der Waals surface area (Å²) in [5.74, 6) is -0.00618. The lowest BCUT2D eigenvalue weighted by Crippen LogP contribution is -2.49. The number of carbonyl (C=O) groups excluding carboxylic acids is 1. The molecule has 0 saturated carbocycles. The van der Waals surface area contributed by atoms with Crippen LogP contribution in [0.2, 0.25) is 5.02 Å². The summed E-state index contributed by atoms with van der Waals surface area (Å²) < 4.78 is 0. The van der Waals surface area contributed by atoms with Crippen molar-refractivity contribution in [3.8, 4) is 11.3 Å². The van der Waals surface area contributed by atoms with Gasteiger partial charge in [0.05, 0.1) is 5.69 Å². The monoisotopic (exact) mass is 394 g/mol. The number of aryl methyl sites for hydroxylation is 2. The quantitative estimate of drug-likeness (QED) is 0.720. The highest BCUT2D eigenvalue weighted by Crippen LogP contribution is 2.24. The molecule has 1 fully saturated rings. The van der Waals surface area contributed by atoms with Gasteiger partial charge in [-0.25, -0.2) is 0 Å². The number of H-pyrrole nitrogens is 1. The first-order valence-electron chi connectivity index (χ1n) is 9.44. The summed E-state index contributed by atoms with van der Waals surface area (Å²) in [6.07, 6.45) is 0. The average molecular weight is 395 g/mol. The summed E-state index contributed by atoms with van der Waals surface area (Å²) in [5, 5.41) is 7.86. The van der Waals surface area contributed by atoms with Crippen LogP contribution in [-0.2, 0) is 0 Å². The fourth-order valence-electron chi connectivity index (χ4n) is 3.58. The number of aromatic amines is 1. The molecule has 2 heterocycles. The summed E-state index contributed by atoms with van der Waals surface area (Å²) in [7, 11) is 0. The van der Waals surface area contributed by atoms with Crippen molar-refractivity contribution in [1.29, 1.82) is 0 Å². The van der Waals surface area contributed by atoms with Gasteiger partial charge >= 0.3 is 0 Å². The molecule has 4 rings (SSSR count). The highest BCUT2D eigenvalue weighted by Gasteiger charge is 2.24. The Bertz CT molecular complexity index is 988. The second-order valence-corrected chi connectivity index (χ2v) is 7.68. The van der Waals surface area contributed by atoms with Crippen LogP contribution in [0, 0.1) is 13.8 Å². The number of nitrogens with zero attached hydrogens (tertiary/aromatic N) is 3. The topological polar surface area (TPSA) is 52.2 Å². The maximum Gasteiger partial charge on any atom is 0.272 e. The molecule has 1 aliphatic heterocycles. The molecule has 0 radical (unpaired) electrons. The molecule has 0 bridgehead atoms. The van der Waals surface area contributed by atoms with Crippen LogP contribution in [0.15, 0.2) is 48.5 Å². The highest BCUT2D eigenvalue weighted by molar-refractivity contribution is 6.30. The van der Waals surface area contributed by atoms with Crippen LogP contribution < -0.4 is 4.90 Å². The van der Waals surface area contributed by atoms with Crippen molar-refractivity contribution < 1.29 is 4.79 Å². The maximum absolute atomic E-state index is 12.9. The third-order valence-corrected chi connectivity index (χ3v) is 5.47. The summed E-state index contributed by atoms with van der Waals surface area (Å²) >= 11 is 5.94. The highest BCUT2D eigenvalue weighted by atomic mass is 35.5. The number of amides is 1. The fourth-order valence-corrected chi connectivity index (χ4v) is 3.71. The summed E-state index contributed by atoms with van der Waals surface area (Å²) in [5.41, 5.74) is 5.98. The third-order valence-electron chi connectivity index (χ3n) is 5.22. The Labute approximate surface area is 169 Å². The van der Waals surface area contributed by atoms with Gasteiger partial charge in [-0.3, -0.25) is 9.89 Å². The molecule has 144 valence electrons. The van der Waals surface area contributed by atoms with Crippen LogP contribution in [0.5, 0.6) is 0 Å². The van der Waals surface area contributed by atoms with Gasteiger partial charge in [0.1, 0.15) is 5.69 Å². The van der Waals surface area contributed by atoms with E-state index in [0.29, 0.717) is 23.8 Å². The average Bonchev–Trinajstić information content (AvgIpc) is 3.20. The fraction of sp³-hybridized carbons (Fsp3) is 0.273. The lowest BCUT2D eigenvalue weighted by atomic mass is 10.1. The number of piperazine rings is 1. The van der Waals surface area contributed by atoms with E-state index in [1.54, 1.807) is 0 Å². The predicted molar refractivity (Wildman–Crippen MR) is 113 cm³/mol. The number of anilines is 1. The summed E-state index contributed by atoms with van der Waals surface area (Å²) in [4.78, 5) is 17.1. The molecule has 6 heteroatoms. The number of rotatable bonds is 3. The van der Waals surface area contributed by atoms with Gasteiger partial charge in [0.2, 0.25) is 0 Å². The Hall–Kier alpha value is -2.79. The van der Waals surface area contributed by atoms with Crippen molar-refractivity contribution >= 4 is 23.2 Å². The van der Waals surface area contributed by atoms with E-state index >= 15 is 0 Å². The van der Waals surface area contributed by atoms with Gasteiger partial charge in [0, 0.05) is 42.5 Å². The SMILES string of the molecule is Cc1ccc(C)c(N2CCN(C(=O)c3cc(-c4ccc(Cl)cc4)n[nH]3)CC2)c1. The first-order chi connectivity index (χ1) is 13.5. The second-order valence-electron chi connectivity index (χ2n) is 7.24. The summed E-state index contributed by atoms with van der Waals surface area (Å²) in [6, 6.07) is 15.8. The van der Waals surface area contributed by atoms with Crippen molar-refractivity contribution in [2.24, 2.45) is 0 Å². The molecule has 2 aromatic carbocycles. The Morgan fingerprint density at radius 1 is 1.00 bits per heavy atom. The minimum Gasteiger partial charge on any atom is -0.368 e. The van der Waals surface area contributed by atoms with Crippen LogP contribution in [0.4, 0.5) is 5.69 Å². The van der Waals surface area contributed by atoms with E-state index in [0.717, 1.165) is 24.3 Å². The van der Waals surface area contributed by atoms with Gasteiger partial charge in [-0.1, -0.05) is 35.9 Å². The van der Waals surface area contributed by atoms with Gasteiger partial charge in [-0.15, -0.1) is 0 Å². The Morgan fingerprint density at radius 3 is 2.43 bits per heavy atom. The van der Waals surface area contributed by atoms with Gasteiger partial charge in [0.15, 0.2) is 0 Å². The van der Waals surface area contributed by atoms with Gasteiger partial charge in [0.25, 0.3) is 5.91 Å². The summed E-state index contributed by atoms with van der Waals surface area (Å²) in [6.45, 7) is 7.29. The van der Waals surface area contributed by atoms with Gasteiger partial charge < -0.3 is 9.80 Å². The number of benzene rings is 2. The van der Waals surface area contributed by atoms with E-state index in [9.17, 15) is 4.79 Å². The van der Waals surface area contributed by atoms with Crippen LogP contribution in [-0.4, -0.2) is 47.2 Å². The molecule has 0 unspecified atom stereocenters. The molecule has 1 amide bonds. The second kappa shape index (κ2) is 7.68. The van der Waals surface area contributed by atoms with Crippen molar-refractivity contribution in [1.82, 2.24) is 15.1 Å². The van der Waals surface area contributed by atoms with Crippen LogP contribution in [0.3, 0.4) is 0 Å². The van der Waals surface area contributed by atoms with E-state index in [1.807, 2.05) is 35.2 Å². The normalized spacial score (nSPS) is 14.4. The number of hydrogen-bond donors (Lipinski definition) is 1. The first kappa shape index (κ1) is 18.6. The maximum atomic E-state index is 12.9. The Morgan fingerprint density at radius 2 is 1.71 bits per heavy atom. The lowest BCUT2D eigenvalue weighted by molar-refractivity contribution is 0.0741. The molecule has 0 aliphatic carbocycles. The molecule has 1 aromatic heterocycles. The molecule has 0 spiro atoms. The predicted octanol–water partition coefficient (Wildman–Crippen LogP) is 4.31. The molecule has 1 aliphatic rings. The standard InChI is InChI=1S/C22H23ClN4O/c1-15-3-4-16(2)21(13-15)26-9-11-27(12-10-26)22(28)20-14-19(24-25-20)17-5-7-18(23)8-6-17/h3-8,13-14H,9-12H2,1-2H3,(H,24,25). The Balaban J connectivity index is 1.43. The number of halogens is 1. The van der Waals surface area contributed by atoms with E-state index < -0.39 is 0 Å². The number of carbonyl (C=O) groups is 1. The first-order valence-corrected chi connectivity index (χ1v) is 9.82. The van der Waals surface area contributed by atoms with E-state index in [4.69, 9.17) is 11.6 Å². The molecule has 0 atom stereocenters. The zero-order valence-electron chi connectivity index (χ0n) is 16.1. The molecular weight excluding hydrogens is 372 g/mol. The lowest BCUT2D eigenvalue weighted by Gasteiger charge is -2.36. The smallest absolute Gasteiger partial charge is 0.272 e. The van der Waals surface area contributed by atoms with E-state index in [2.05, 4.69) is 47.1 Å². The molecular formula is C22H23ClN4O. The third kappa shape index (κ3) is 3.76. The number of aromatic nitrogens is 2. The molecule has 1 N–H and O–H groups in total. The van der Waals surface area contributed by atoms with Crippen LogP contribution in [0.25, 0.3) is 11.3 Å². The minimum absolute atomic E-state index is 0.00618. The van der Waals surface area contributed by atoms with Gasteiger partial charge in [-0.05, 0) is 49.2 Å². The zero-order valence-corrected chi connectivity index (χ0v) is 16.8. The van der Waals surface area contributed by atoms with E-state index in [-0.39, 0.29) is 5.91 Å². The largest absolute Gasteiger partial charge is 0.368 e. The van der Waals surface area contributed by atoms with Crippen LogP contribution in [0.1, 0.15) is 21.6 Å². The van der Waals surface area contributed by atoms with Crippen molar-refractivity contribution in [2.45, 2.75) is 13.8 Å². The van der Waals surface area contributed by atoms with Crippen molar-refractivity contribution in [2.75, 3.05) is 31.1 Å². The van der Waals surface area contributed by atoms with Crippen molar-refractivity contribution in [3.05, 3.63) is 70.4 Å². The number of nitrogens with one attached hydrogen (secondary N) is 1. The van der Waals surface area contributed by atoms with Gasteiger partial charge in [-0.2, -0.15) is 5.10 Å². The van der Waals surface area contributed by atoms with E-state index in [1.165, 1.54) is 16.8 Å². The van der Waals surface area contributed by atoms with Crippen LogP contribution >= 0.6 is 11.6 Å². The zero-order chi connectivity index (χ0) is 19.7. The van der Waals surface area contributed by atoms with Crippen molar-refractivity contribution in [3.63, 3.8) is 0 Å².